The SMILES string of the molecule is O=C1[C@H](Oc2ccc(OCC(F)(F)F)nc2)CCN1c1cnc(N2CC(N3CCCC3=O)C2)nc1. The number of anilines is 2. The third-order valence-corrected chi connectivity index (χ3v) is 6.16. The number of likely N-dealkylation sites (tertiary alicyclic amines) is 1. The molecule has 3 fully saturated rings. The Labute approximate surface area is 198 Å². The molecular formula is C22H23F3N6O4. The van der Waals surface area contributed by atoms with Crippen LogP contribution in [0.3, 0.4) is 0 Å². The minimum atomic E-state index is -4.45. The molecule has 0 unspecified atom stereocenters. The number of pyridine rings is 1. The number of hydrogen-bond donors (Lipinski definition) is 0. The molecule has 0 bridgehead atoms. The fourth-order valence-electron chi connectivity index (χ4n) is 4.35. The lowest BCUT2D eigenvalue weighted by molar-refractivity contribution is -0.154. The Kier molecular flexibility index (Phi) is 6.07. The first-order valence-corrected chi connectivity index (χ1v) is 11.3. The van der Waals surface area contributed by atoms with Crippen LogP contribution in [0.4, 0.5) is 24.8 Å². The Morgan fingerprint density at radius 2 is 1.80 bits per heavy atom. The first kappa shape index (κ1) is 23.1. The van der Waals surface area contributed by atoms with Crippen molar-refractivity contribution >= 4 is 23.5 Å². The molecule has 5 rings (SSSR count). The highest BCUT2D eigenvalue weighted by molar-refractivity contribution is 5.98. The summed E-state index contributed by atoms with van der Waals surface area (Å²) in [5.41, 5.74) is 0.547. The second kappa shape index (κ2) is 9.19. The summed E-state index contributed by atoms with van der Waals surface area (Å²) in [6.07, 6.45) is 1.13. The Balaban J connectivity index is 1.13. The molecular weight excluding hydrogens is 469 g/mol. The van der Waals surface area contributed by atoms with Gasteiger partial charge in [-0.1, -0.05) is 0 Å². The molecule has 1 atom stereocenters. The number of alkyl halides is 3. The van der Waals surface area contributed by atoms with E-state index in [-0.39, 0.29) is 29.5 Å². The van der Waals surface area contributed by atoms with Gasteiger partial charge in [0.15, 0.2) is 12.7 Å². The summed E-state index contributed by atoms with van der Waals surface area (Å²) in [4.78, 5) is 42.7. The van der Waals surface area contributed by atoms with E-state index in [2.05, 4.69) is 19.7 Å². The van der Waals surface area contributed by atoms with E-state index in [1.54, 1.807) is 12.4 Å². The van der Waals surface area contributed by atoms with E-state index in [0.29, 0.717) is 44.1 Å². The number of rotatable bonds is 7. The monoisotopic (exact) mass is 492 g/mol. The number of amides is 2. The number of aromatic nitrogens is 3. The lowest BCUT2D eigenvalue weighted by Gasteiger charge is -2.43. The van der Waals surface area contributed by atoms with Gasteiger partial charge in [0.05, 0.1) is 30.3 Å². The van der Waals surface area contributed by atoms with Gasteiger partial charge in [-0.25, -0.2) is 15.0 Å². The maximum absolute atomic E-state index is 12.8. The Hall–Kier alpha value is -3.64. The van der Waals surface area contributed by atoms with Crippen molar-refractivity contribution in [1.82, 2.24) is 19.9 Å². The van der Waals surface area contributed by atoms with Gasteiger partial charge in [-0.05, 0) is 12.5 Å². The number of carbonyl (C=O) groups excluding carboxylic acids is 2. The molecule has 0 N–H and O–H groups in total. The summed E-state index contributed by atoms with van der Waals surface area (Å²) in [5.74, 6) is 0.550. The van der Waals surface area contributed by atoms with Gasteiger partial charge in [0.2, 0.25) is 17.7 Å². The first-order chi connectivity index (χ1) is 16.8. The molecule has 5 heterocycles. The predicted molar refractivity (Wildman–Crippen MR) is 116 cm³/mol. The van der Waals surface area contributed by atoms with Crippen molar-refractivity contribution in [1.29, 1.82) is 0 Å². The van der Waals surface area contributed by atoms with Gasteiger partial charge in [-0.2, -0.15) is 13.2 Å². The quantitative estimate of drug-likeness (QED) is 0.577. The van der Waals surface area contributed by atoms with Crippen molar-refractivity contribution in [3.63, 3.8) is 0 Å². The molecule has 10 nitrogen and oxygen atoms in total. The van der Waals surface area contributed by atoms with Crippen molar-refractivity contribution in [3.8, 4) is 11.6 Å². The van der Waals surface area contributed by atoms with E-state index >= 15 is 0 Å². The molecule has 13 heteroatoms. The largest absolute Gasteiger partial charge is 0.479 e. The van der Waals surface area contributed by atoms with Crippen molar-refractivity contribution in [3.05, 3.63) is 30.7 Å². The Morgan fingerprint density at radius 3 is 2.43 bits per heavy atom. The fraction of sp³-hybridized carbons (Fsp3) is 0.500. The van der Waals surface area contributed by atoms with Crippen molar-refractivity contribution in [2.24, 2.45) is 0 Å². The average Bonchev–Trinajstić information content (AvgIpc) is 3.38. The summed E-state index contributed by atoms with van der Waals surface area (Å²) < 4.78 is 47.0. The smallest absolute Gasteiger partial charge is 0.422 e. The summed E-state index contributed by atoms with van der Waals surface area (Å²) in [6, 6.07) is 2.86. The van der Waals surface area contributed by atoms with Gasteiger partial charge in [-0.3, -0.25) is 9.59 Å². The van der Waals surface area contributed by atoms with Crippen molar-refractivity contribution < 1.29 is 32.2 Å². The molecule has 3 saturated heterocycles. The maximum atomic E-state index is 12.8. The zero-order valence-electron chi connectivity index (χ0n) is 18.6. The number of hydrogen-bond acceptors (Lipinski definition) is 8. The van der Waals surface area contributed by atoms with Crippen LogP contribution < -0.4 is 19.3 Å². The molecule has 3 aliphatic heterocycles. The van der Waals surface area contributed by atoms with Crippen LogP contribution in [0, 0.1) is 0 Å². The fourth-order valence-corrected chi connectivity index (χ4v) is 4.35. The minimum absolute atomic E-state index is 0.188. The van der Waals surface area contributed by atoms with Crippen LogP contribution in [0.5, 0.6) is 11.6 Å². The van der Waals surface area contributed by atoms with Crippen LogP contribution in [0.25, 0.3) is 0 Å². The van der Waals surface area contributed by atoms with Crippen LogP contribution >= 0.6 is 0 Å². The van der Waals surface area contributed by atoms with Crippen molar-refractivity contribution in [2.75, 3.05) is 42.6 Å². The summed E-state index contributed by atoms with van der Waals surface area (Å²) in [7, 11) is 0. The summed E-state index contributed by atoms with van der Waals surface area (Å²) in [6.45, 7) is 1.17. The van der Waals surface area contributed by atoms with Crippen LogP contribution in [0.1, 0.15) is 19.3 Å². The lowest BCUT2D eigenvalue weighted by atomic mass is 10.1. The predicted octanol–water partition coefficient (Wildman–Crippen LogP) is 1.81. The molecule has 0 radical (unpaired) electrons. The number of ether oxygens (including phenoxy) is 2. The van der Waals surface area contributed by atoms with Gasteiger partial charge in [0.25, 0.3) is 5.91 Å². The number of halogens is 3. The van der Waals surface area contributed by atoms with E-state index in [9.17, 15) is 22.8 Å². The molecule has 0 saturated carbocycles. The second-order valence-electron chi connectivity index (χ2n) is 8.61. The molecule has 2 amide bonds. The van der Waals surface area contributed by atoms with Gasteiger partial charge in [0.1, 0.15) is 5.75 Å². The van der Waals surface area contributed by atoms with Gasteiger partial charge in [0, 0.05) is 45.1 Å². The standard InChI is InChI=1S/C22H23F3N6O4/c23-22(24,25)13-34-18-4-3-16(10-26-18)35-17-5-7-31(20(17)33)14-8-27-21(28-9-14)29-11-15(12-29)30-6-1-2-19(30)32/h3-4,8-10,15,17H,1-2,5-7,11-13H2/t17-/m1/s1. The van der Waals surface area contributed by atoms with Gasteiger partial charge >= 0.3 is 6.18 Å². The maximum Gasteiger partial charge on any atom is 0.422 e. The molecule has 0 aromatic carbocycles. The first-order valence-electron chi connectivity index (χ1n) is 11.3. The van der Waals surface area contributed by atoms with Crippen LogP contribution in [0.2, 0.25) is 0 Å². The summed E-state index contributed by atoms with van der Waals surface area (Å²) >= 11 is 0. The Bertz CT molecular complexity index is 1080. The molecule has 0 aliphatic carbocycles. The van der Waals surface area contributed by atoms with Crippen LogP contribution in [0.15, 0.2) is 30.7 Å². The molecule has 2 aromatic rings. The van der Waals surface area contributed by atoms with E-state index in [4.69, 9.17) is 4.74 Å². The summed E-state index contributed by atoms with van der Waals surface area (Å²) in [5, 5.41) is 0. The highest BCUT2D eigenvalue weighted by Crippen LogP contribution is 2.28. The normalized spacial score (nSPS) is 21.0. The van der Waals surface area contributed by atoms with Gasteiger partial charge in [-0.15, -0.1) is 0 Å². The molecule has 186 valence electrons. The lowest BCUT2D eigenvalue weighted by Crippen LogP contribution is -2.60. The number of nitrogens with zero attached hydrogens (tertiary/aromatic N) is 6. The minimum Gasteiger partial charge on any atom is -0.479 e. The number of carbonyl (C=O) groups is 2. The molecule has 2 aromatic heterocycles. The van der Waals surface area contributed by atoms with E-state index in [1.807, 2.05) is 9.80 Å². The molecule has 35 heavy (non-hydrogen) atoms. The van der Waals surface area contributed by atoms with Crippen LogP contribution in [-0.4, -0.2) is 82.8 Å². The molecule has 0 spiro atoms. The van der Waals surface area contributed by atoms with E-state index in [0.717, 1.165) is 13.0 Å². The Morgan fingerprint density at radius 1 is 1.03 bits per heavy atom. The zero-order valence-corrected chi connectivity index (χ0v) is 18.6. The van der Waals surface area contributed by atoms with Gasteiger partial charge < -0.3 is 24.2 Å². The third kappa shape index (κ3) is 5.08. The van der Waals surface area contributed by atoms with E-state index < -0.39 is 18.9 Å². The highest BCUT2D eigenvalue weighted by Gasteiger charge is 2.38. The van der Waals surface area contributed by atoms with E-state index in [1.165, 1.54) is 23.2 Å². The van der Waals surface area contributed by atoms with Crippen LogP contribution in [-0.2, 0) is 9.59 Å². The second-order valence-corrected chi connectivity index (χ2v) is 8.61. The average molecular weight is 492 g/mol. The highest BCUT2D eigenvalue weighted by atomic mass is 19.4. The third-order valence-electron chi connectivity index (χ3n) is 6.16. The van der Waals surface area contributed by atoms with Crippen molar-refractivity contribution in [2.45, 2.75) is 37.6 Å². The zero-order chi connectivity index (χ0) is 24.6. The topological polar surface area (TPSA) is 101 Å². The molecule has 3 aliphatic rings.